The van der Waals surface area contributed by atoms with Gasteiger partial charge in [0.15, 0.2) is 5.75 Å². The Morgan fingerprint density at radius 3 is 2.15 bits per heavy atom. The molecule has 1 fully saturated rings. The van der Waals surface area contributed by atoms with Gasteiger partial charge in [-0.15, -0.1) is 0 Å². The number of halogens is 2. The smallest absolute Gasteiger partial charge is 0.295 e. The number of carbonyl (C=O) groups is 2. The van der Waals surface area contributed by atoms with Crippen LogP contribution in [-0.2, 0) is 14.3 Å². The zero-order valence-electron chi connectivity index (χ0n) is 19.6. The monoisotopic (exact) mass is 506 g/mol. The van der Waals surface area contributed by atoms with Gasteiger partial charge in [-0.1, -0.05) is 35.3 Å². The van der Waals surface area contributed by atoms with Crippen molar-refractivity contribution in [2.24, 2.45) is 0 Å². The number of aliphatic hydroxyl groups excluding tert-OH is 1. The molecule has 0 radical (unpaired) electrons. The molecule has 7 nitrogen and oxygen atoms in total. The average Bonchev–Trinajstić information content (AvgIpc) is 3.08. The Bertz CT molecular complexity index is 1070. The second-order valence-electron chi connectivity index (χ2n) is 7.72. The van der Waals surface area contributed by atoms with Crippen molar-refractivity contribution in [1.29, 1.82) is 0 Å². The summed E-state index contributed by atoms with van der Waals surface area (Å²) < 4.78 is 10.3. The molecular weight excluding hydrogens is 479 g/mol. The van der Waals surface area contributed by atoms with Gasteiger partial charge in [0, 0.05) is 38.0 Å². The maximum atomic E-state index is 13.1. The zero-order chi connectivity index (χ0) is 25.0. The molecule has 0 saturated carbocycles. The Balaban J connectivity index is 2.15. The lowest BCUT2D eigenvalue weighted by Crippen LogP contribution is -2.32. The molecule has 0 aliphatic carbocycles. The molecule has 1 atom stereocenters. The van der Waals surface area contributed by atoms with Gasteiger partial charge >= 0.3 is 0 Å². The molecule has 1 amide bonds. The van der Waals surface area contributed by atoms with E-state index in [0.717, 1.165) is 18.8 Å². The predicted molar refractivity (Wildman–Crippen MR) is 134 cm³/mol. The molecule has 0 bridgehead atoms. The number of benzene rings is 2. The number of rotatable bonds is 9. The molecule has 1 saturated heterocycles. The molecular formula is C25H28Cl2N2O5. The van der Waals surface area contributed by atoms with Crippen molar-refractivity contribution in [1.82, 2.24) is 4.90 Å². The van der Waals surface area contributed by atoms with Gasteiger partial charge in [-0.05, 0) is 43.7 Å². The van der Waals surface area contributed by atoms with Crippen molar-refractivity contribution in [3.05, 3.63) is 63.1 Å². The van der Waals surface area contributed by atoms with Crippen LogP contribution < -0.4 is 9.64 Å². The van der Waals surface area contributed by atoms with Crippen LogP contribution in [0, 0.1) is 0 Å². The van der Waals surface area contributed by atoms with Crippen molar-refractivity contribution in [2.75, 3.05) is 45.4 Å². The first-order valence-corrected chi connectivity index (χ1v) is 11.7. The molecule has 182 valence electrons. The van der Waals surface area contributed by atoms with Crippen molar-refractivity contribution >= 4 is 46.3 Å². The van der Waals surface area contributed by atoms with E-state index in [1.54, 1.807) is 0 Å². The Kier molecular flexibility index (Phi) is 8.47. The van der Waals surface area contributed by atoms with Crippen LogP contribution in [0.2, 0.25) is 10.0 Å². The second kappa shape index (κ2) is 11.1. The number of ether oxygens (including phenoxy) is 2. The van der Waals surface area contributed by atoms with E-state index < -0.39 is 17.7 Å². The number of Topliss-reactive ketones (excluding diaryl/α,β-unsaturated/α-hetero) is 1. The van der Waals surface area contributed by atoms with Gasteiger partial charge in [0.25, 0.3) is 11.7 Å². The normalized spacial score (nSPS) is 17.4. The molecule has 1 heterocycles. The topological polar surface area (TPSA) is 79.3 Å². The van der Waals surface area contributed by atoms with Crippen LogP contribution in [-0.4, -0.2) is 62.2 Å². The third kappa shape index (κ3) is 4.87. The van der Waals surface area contributed by atoms with Gasteiger partial charge < -0.3 is 24.4 Å². The minimum absolute atomic E-state index is 0.0333. The van der Waals surface area contributed by atoms with Crippen molar-refractivity contribution in [3.8, 4) is 5.75 Å². The Hall–Kier alpha value is -2.74. The number of anilines is 1. The number of likely N-dealkylation sites (tertiary alicyclic amines) is 1. The van der Waals surface area contributed by atoms with E-state index in [9.17, 15) is 14.7 Å². The molecule has 1 unspecified atom stereocenters. The third-order valence-electron chi connectivity index (χ3n) is 5.89. The number of ketones is 1. The van der Waals surface area contributed by atoms with Gasteiger partial charge in [0.05, 0.1) is 35.4 Å². The first-order valence-electron chi connectivity index (χ1n) is 10.9. The lowest BCUT2D eigenvalue weighted by molar-refractivity contribution is -0.140. The van der Waals surface area contributed by atoms with Crippen LogP contribution in [0.1, 0.15) is 31.0 Å². The highest BCUT2D eigenvalue weighted by Gasteiger charge is 2.46. The molecule has 1 aliphatic heterocycles. The van der Waals surface area contributed by atoms with E-state index in [4.69, 9.17) is 32.7 Å². The summed E-state index contributed by atoms with van der Waals surface area (Å²) in [6.07, 6.45) is 0. The van der Waals surface area contributed by atoms with Gasteiger partial charge in [-0.25, -0.2) is 0 Å². The number of methoxy groups -OCH3 is 2. The summed E-state index contributed by atoms with van der Waals surface area (Å²) >= 11 is 12.5. The van der Waals surface area contributed by atoms with Crippen molar-refractivity contribution in [3.63, 3.8) is 0 Å². The maximum absolute atomic E-state index is 13.1. The lowest BCUT2D eigenvalue weighted by Gasteiger charge is -2.26. The summed E-state index contributed by atoms with van der Waals surface area (Å²) in [5.74, 6) is -1.59. The van der Waals surface area contributed by atoms with Gasteiger partial charge in [-0.3, -0.25) is 9.59 Å². The Morgan fingerprint density at radius 2 is 1.65 bits per heavy atom. The van der Waals surface area contributed by atoms with Crippen molar-refractivity contribution in [2.45, 2.75) is 19.9 Å². The van der Waals surface area contributed by atoms with E-state index in [0.29, 0.717) is 5.56 Å². The van der Waals surface area contributed by atoms with Crippen LogP contribution >= 0.6 is 23.2 Å². The minimum Gasteiger partial charge on any atom is -0.507 e. The zero-order valence-corrected chi connectivity index (χ0v) is 21.1. The number of hydrogen-bond acceptors (Lipinski definition) is 6. The molecule has 0 spiro atoms. The first-order chi connectivity index (χ1) is 16.3. The van der Waals surface area contributed by atoms with E-state index in [-0.39, 0.29) is 45.8 Å². The highest BCUT2D eigenvalue weighted by molar-refractivity contribution is 6.46. The van der Waals surface area contributed by atoms with Gasteiger partial charge in [0.2, 0.25) is 0 Å². The van der Waals surface area contributed by atoms with E-state index >= 15 is 0 Å². The number of hydrogen-bond donors (Lipinski definition) is 1. The molecule has 34 heavy (non-hydrogen) atoms. The molecule has 9 heteroatoms. The fourth-order valence-corrected chi connectivity index (χ4v) is 4.79. The van der Waals surface area contributed by atoms with E-state index in [2.05, 4.69) is 18.7 Å². The largest absolute Gasteiger partial charge is 0.507 e. The minimum atomic E-state index is -0.791. The summed E-state index contributed by atoms with van der Waals surface area (Å²) in [5, 5.41) is 11.5. The quantitative estimate of drug-likeness (QED) is 0.295. The predicted octanol–water partition coefficient (Wildman–Crippen LogP) is 4.92. The Labute approximate surface area is 209 Å². The van der Waals surface area contributed by atoms with E-state index in [1.165, 1.54) is 31.3 Å². The third-order valence-corrected chi connectivity index (χ3v) is 6.45. The first kappa shape index (κ1) is 25.9. The number of carbonyl (C=O) groups excluding carboxylic acids is 2. The van der Waals surface area contributed by atoms with Gasteiger partial charge in [0.1, 0.15) is 5.76 Å². The fraction of sp³-hybridized carbons (Fsp3) is 0.360. The highest BCUT2D eigenvalue weighted by atomic mass is 35.5. The lowest BCUT2D eigenvalue weighted by atomic mass is 9.95. The standard InChI is InChI=1S/C25H28Cl2N2O5/c1-5-28(6-2)17-9-7-15(8-10-17)21-20(23(31)25(32)29(21)11-12-33-3)22(30)16-13-18(26)24(34-4)19(27)14-16/h7-10,13-14,21,30H,5-6,11-12H2,1-4H3/b22-20+. The maximum Gasteiger partial charge on any atom is 0.295 e. The summed E-state index contributed by atoms with van der Waals surface area (Å²) in [7, 11) is 2.95. The van der Waals surface area contributed by atoms with Crippen LogP contribution in [0.4, 0.5) is 5.69 Å². The average molecular weight is 507 g/mol. The molecule has 1 N–H and O–H groups in total. The van der Waals surface area contributed by atoms with Crippen LogP contribution in [0.25, 0.3) is 5.76 Å². The molecule has 3 rings (SSSR count). The molecule has 0 aromatic heterocycles. The SMILES string of the molecule is CCN(CC)c1ccc(C2/C(=C(\O)c3cc(Cl)c(OC)c(Cl)c3)C(=O)C(=O)N2CCOC)cc1. The number of nitrogens with zero attached hydrogens (tertiary/aromatic N) is 2. The van der Waals surface area contributed by atoms with Crippen molar-refractivity contribution < 1.29 is 24.2 Å². The van der Waals surface area contributed by atoms with E-state index in [1.807, 2.05) is 24.3 Å². The van der Waals surface area contributed by atoms with Crippen LogP contribution in [0.5, 0.6) is 5.75 Å². The molecule has 2 aromatic carbocycles. The second-order valence-corrected chi connectivity index (χ2v) is 8.54. The number of amides is 1. The van der Waals surface area contributed by atoms with Gasteiger partial charge in [-0.2, -0.15) is 0 Å². The molecule has 2 aromatic rings. The summed E-state index contributed by atoms with van der Waals surface area (Å²) in [4.78, 5) is 29.6. The van der Waals surface area contributed by atoms with Crippen LogP contribution in [0.15, 0.2) is 42.0 Å². The number of aliphatic hydroxyl groups is 1. The summed E-state index contributed by atoms with van der Waals surface area (Å²) in [6, 6.07) is 9.73. The fourth-order valence-electron chi connectivity index (χ4n) is 4.15. The summed E-state index contributed by atoms with van der Waals surface area (Å²) in [6.45, 7) is 6.26. The molecule has 1 aliphatic rings. The van der Waals surface area contributed by atoms with Crippen LogP contribution in [0.3, 0.4) is 0 Å². The Morgan fingerprint density at radius 1 is 1.06 bits per heavy atom. The summed E-state index contributed by atoms with van der Waals surface area (Å²) in [5.41, 5.74) is 1.90. The highest BCUT2D eigenvalue weighted by Crippen LogP contribution is 2.42.